The van der Waals surface area contributed by atoms with Gasteiger partial charge in [0.2, 0.25) is 0 Å². The van der Waals surface area contributed by atoms with Crippen LogP contribution in [0.15, 0.2) is 85.6 Å². The van der Waals surface area contributed by atoms with Gasteiger partial charge in [0.1, 0.15) is 11.6 Å². The molecule has 26 heavy (non-hydrogen) atoms. The first-order chi connectivity index (χ1) is 12.9. The minimum absolute atomic E-state index is 0.714. The molecule has 0 radical (unpaired) electrons. The third-order valence-electron chi connectivity index (χ3n) is 4.12. The summed E-state index contributed by atoms with van der Waals surface area (Å²) in [5.41, 5.74) is 3.50. The van der Waals surface area contributed by atoms with Gasteiger partial charge in [0, 0.05) is 37.2 Å². The van der Waals surface area contributed by atoms with Crippen LogP contribution < -0.4 is 5.32 Å². The highest BCUT2D eigenvalue weighted by molar-refractivity contribution is 5.38. The fourth-order valence-electron chi connectivity index (χ4n) is 2.75. The molecule has 0 fully saturated rings. The molecule has 0 spiro atoms. The highest BCUT2D eigenvalue weighted by atomic mass is 15.0. The second-order valence-electron chi connectivity index (χ2n) is 6.01. The molecule has 0 bridgehead atoms. The molecule has 5 heteroatoms. The number of rotatable bonds is 6. The largest absolute Gasteiger partial charge is 0.366 e. The lowest BCUT2D eigenvalue weighted by Gasteiger charge is -2.08. The van der Waals surface area contributed by atoms with Gasteiger partial charge in [-0.15, -0.1) is 0 Å². The standard InChI is InChI=1S/C21H19N5/c1-2-4-17(5-3-1)14-21-23-11-10-20(25-21)24-15-18-6-8-19(9-7-18)26-13-12-22-16-26/h1-13,16H,14-15H2,(H,23,24,25). The van der Waals surface area contributed by atoms with Crippen LogP contribution in [0, 0.1) is 0 Å². The normalized spacial score (nSPS) is 10.6. The predicted molar refractivity (Wildman–Crippen MR) is 102 cm³/mol. The first kappa shape index (κ1) is 16.0. The Labute approximate surface area is 152 Å². The van der Waals surface area contributed by atoms with Crippen LogP contribution in [0.1, 0.15) is 17.0 Å². The van der Waals surface area contributed by atoms with Gasteiger partial charge in [-0.25, -0.2) is 15.0 Å². The maximum absolute atomic E-state index is 4.61. The molecule has 2 aromatic carbocycles. The molecule has 0 unspecified atom stereocenters. The Morgan fingerprint density at radius 3 is 2.46 bits per heavy atom. The second-order valence-corrected chi connectivity index (χ2v) is 6.01. The van der Waals surface area contributed by atoms with Crippen molar-refractivity contribution in [3.63, 3.8) is 0 Å². The van der Waals surface area contributed by atoms with Gasteiger partial charge < -0.3 is 9.88 Å². The average Bonchev–Trinajstić information content (AvgIpc) is 3.23. The molecular weight excluding hydrogens is 322 g/mol. The fourth-order valence-corrected chi connectivity index (χ4v) is 2.75. The van der Waals surface area contributed by atoms with E-state index in [2.05, 4.69) is 56.7 Å². The Kier molecular flexibility index (Phi) is 4.69. The summed E-state index contributed by atoms with van der Waals surface area (Å²) >= 11 is 0. The van der Waals surface area contributed by atoms with Crippen molar-refractivity contribution in [1.82, 2.24) is 19.5 Å². The van der Waals surface area contributed by atoms with E-state index in [1.165, 1.54) is 11.1 Å². The van der Waals surface area contributed by atoms with Gasteiger partial charge in [0.15, 0.2) is 0 Å². The third kappa shape index (κ3) is 3.95. The Balaban J connectivity index is 1.39. The number of anilines is 1. The SMILES string of the molecule is c1ccc(Cc2nccc(NCc3ccc(-n4ccnc4)cc3)n2)cc1. The average molecular weight is 341 g/mol. The van der Waals surface area contributed by atoms with Crippen LogP contribution in [0.5, 0.6) is 0 Å². The van der Waals surface area contributed by atoms with Crippen LogP contribution in [0.25, 0.3) is 5.69 Å². The lowest BCUT2D eigenvalue weighted by molar-refractivity contribution is 0.957. The van der Waals surface area contributed by atoms with Crippen molar-refractivity contribution in [2.75, 3.05) is 5.32 Å². The molecule has 1 N–H and O–H groups in total. The topological polar surface area (TPSA) is 55.6 Å². The summed E-state index contributed by atoms with van der Waals surface area (Å²) in [7, 11) is 0. The van der Waals surface area contributed by atoms with Crippen LogP contribution >= 0.6 is 0 Å². The molecule has 0 aliphatic rings. The number of aromatic nitrogens is 4. The van der Waals surface area contributed by atoms with Crippen LogP contribution in [0.3, 0.4) is 0 Å². The van der Waals surface area contributed by atoms with E-state index in [1.807, 2.05) is 35.0 Å². The zero-order valence-corrected chi connectivity index (χ0v) is 14.3. The molecule has 4 rings (SSSR count). The molecular formula is C21H19N5. The number of hydrogen-bond acceptors (Lipinski definition) is 4. The molecule has 0 saturated carbocycles. The van der Waals surface area contributed by atoms with Gasteiger partial charge in [0.05, 0.1) is 6.33 Å². The van der Waals surface area contributed by atoms with Gasteiger partial charge in [-0.1, -0.05) is 42.5 Å². The summed E-state index contributed by atoms with van der Waals surface area (Å²) in [6.07, 6.45) is 8.04. The van der Waals surface area contributed by atoms with Crippen molar-refractivity contribution in [2.45, 2.75) is 13.0 Å². The van der Waals surface area contributed by atoms with Gasteiger partial charge in [0.25, 0.3) is 0 Å². The zero-order chi connectivity index (χ0) is 17.6. The van der Waals surface area contributed by atoms with Gasteiger partial charge >= 0.3 is 0 Å². The van der Waals surface area contributed by atoms with Gasteiger partial charge in [-0.2, -0.15) is 0 Å². The summed E-state index contributed by atoms with van der Waals surface area (Å²) in [5, 5.41) is 3.37. The van der Waals surface area contributed by atoms with E-state index in [1.54, 1.807) is 18.7 Å². The Morgan fingerprint density at radius 1 is 0.846 bits per heavy atom. The molecule has 0 saturated heterocycles. The van der Waals surface area contributed by atoms with Gasteiger partial charge in [-0.3, -0.25) is 0 Å². The molecule has 2 heterocycles. The highest BCUT2D eigenvalue weighted by Crippen LogP contribution is 2.12. The monoisotopic (exact) mass is 341 g/mol. The summed E-state index contributed by atoms with van der Waals surface area (Å²) < 4.78 is 1.98. The maximum atomic E-state index is 4.61. The first-order valence-corrected chi connectivity index (χ1v) is 8.54. The quantitative estimate of drug-likeness (QED) is 0.578. The Morgan fingerprint density at radius 2 is 1.69 bits per heavy atom. The summed E-state index contributed by atoms with van der Waals surface area (Å²) in [6.45, 7) is 0.714. The first-order valence-electron chi connectivity index (χ1n) is 8.54. The predicted octanol–water partition coefficient (Wildman–Crippen LogP) is 3.87. The van der Waals surface area contributed by atoms with E-state index in [0.717, 1.165) is 23.8 Å². The fraction of sp³-hybridized carbons (Fsp3) is 0.0952. The Bertz CT molecular complexity index is 947. The number of nitrogens with zero attached hydrogens (tertiary/aromatic N) is 4. The molecule has 0 aliphatic carbocycles. The number of benzene rings is 2. The van der Waals surface area contributed by atoms with Crippen molar-refractivity contribution in [2.24, 2.45) is 0 Å². The highest BCUT2D eigenvalue weighted by Gasteiger charge is 2.02. The maximum Gasteiger partial charge on any atom is 0.135 e. The van der Waals surface area contributed by atoms with Crippen LogP contribution in [-0.4, -0.2) is 19.5 Å². The molecule has 5 nitrogen and oxygen atoms in total. The van der Waals surface area contributed by atoms with E-state index in [9.17, 15) is 0 Å². The van der Waals surface area contributed by atoms with Gasteiger partial charge in [-0.05, 0) is 29.3 Å². The van der Waals surface area contributed by atoms with Crippen LogP contribution in [-0.2, 0) is 13.0 Å². The molecule has 0 aliphatic heterocycles. The van der Waals surface area contributed by atoms with Crippen molar-refractivity contribution in [3.05, 3.63) is 103 Å². The molecule has 0 amide bonds. The van der Waals surface area contributed by atoms with Crippen molar-refractivity contribution < 1.29 is 0 Å². The third-order valence-corrected chi connectivity index (χ3v) is 4.12. The summed E-state index contributed by atoms with van der Waals surface area (Å²) in [5.74, 6) is 1.65. The van der Waals surface area contributed by atoms with E-state index in [0.29, 0.717) is 6.54 Å². The molecule has 0 atom stereocenters. The summed E-state index contributed by atoms with van der Waals surface area (Å²) in [4.78, 5) is 13.0. The van der Waals surface area contributed by atoms with E-state index in [-0.39, 0.29) is 0 Å². The lowest BCUT2D eigenvalue weighted by atomic mass is 10.1. The summed E-state index contributed by atoms with van der Waals surface area (Å²) in [6, 6.07) is 20.5. The van der Waals surface area contributed by atoms with E-state index < -0.39 is 0 Å². The van der Waals surface area contributed by atoms with E-state index in [4.69, 9.17) is 0 Å². The van der Waals surface area contributed by atoms with Crippen molar-refractivity contribution in [1.29, 1.82) is 0 Å². The molecule has 4 aromatic rings. The zero-order valence-electron chi connectivity index (χ0n) is 14.3. The smallest absolute Gasteiger partial charge is 0.135 e. The lowest BCUT2D eigenvalue weighted by Crippen LogP contribution is -2.04. The number of imidazole rings is 1. The van der Waals surface area contributed by atoms with Crippen LogP contribution in [0.4, 0.5) is 5.82 Å². The molecule has 128 valence electrons. The van der Waals surface area contributed by atoms with Crippen molar-refractivity contribution >= 4 is 5.82 Å². The number of hydrogen-bond donors (Lipinski definition) is 1. The van der Waals surface area contributed by atoms with Crippen molar-refractivity contribution in [3.8, 4) is 5.69 Å². The second kappa shape index (κ2) is 7.61. The number of nitrogens with one attached hydrogen (secondary N) is 1. The van der Waals surface area contributed by atoms with E-state index >= 15 is 0 Å². The molecule has 2 aromatic heterocycles. The van der Waals surface area contributed by atoms with Crippen LogP contribution in [0.2, 0.25) is 0 Å². The minimum Gasteiger partial charge on any atom is -0.366 e. The minimum atomic E-state index is 0.714. The Hall–Kier alpha value is -3.47.